The third-order valence-electron chi connectivity index (χ3n) is 3.59. The Morgan fingerprint density at radius 1 is 1.52 bits per heavy atom. The van der Waals surface area contributed by atoms with E-state index in [0.29, 0.717) is 19.5 Å². The molecule has 1 aromatic rings. The van der Waals surface area contributed by atoms with Crippen LogP contribution in [0.3, 0.4) is 0 Å². The Bertz CT molecular complexity index is 410. The molecule has 1 saturated heterocycles. The Labute approximate surface area is 136 Å². The van der Waals surface area contributed by atoms with Gasteiger partial charge in [-0.2, -0.15) is 0 Å². The largest absolute Gasteiger partial charge is 0.379 e. The summed E-state index contributed by atoms with van der Waals surface area (Å²) in [7, 11) is 1.86. The van der Waals surface area contributed by atoms with Crippen LogP contribution in [-0.4, -0.2) is 62.1 Å². The number of carbonyl (C=O) groups is 1. The number of likely N-dealkylation sites (N-methyl/N-ethyl adjacent to an activating group) is 1. The van der Waals surface area contributed by atoms with Gasteiger partial charge in [-0.3, -0.25) is 9.69 Å². The zero-order valence-corrected chi connectivity index (χ0v) is 14.0. The molecule has 1 aromatic heterocycles. The maximum absolute atomic E-state index is 11.9. The van der Waals surface area contributed by atoms with Crippen LogP contribution in [0, 0.1) is 0 Å². The SMILES string of the molecule is CN(CC(c1cccs1)N1CCOCC1)C(=O)CCN.Cl. The first kappa shape index (κ1) is 18.4. The van der Waals surface area contributed by atoms with Crippen molar-refractivity contribution >= 4 is 29.7 Å². The molecule has 0 bridgehead atoms. The molecule has 0 saturated carbocycles. The molecule has 5 nitrogen and oxygen atoms in total. The van der Waals surface area contributed by atoms with Crippen LogP contribution >= 0.6 is 23.7 Å². The predicted octanol–water partition coefficient (Wildman–Crippen LogP) is 1.35. The van der Waals surface area contributed by atoms with Crippen molar-refractivity contribution in [3.63, 3.8) is 0 Å². The number of ether oxygens (including phenoxy) is 1. The lowest BCUT2D eigenvalue weighted by atomic mass is 10.1. The monoisotopic (exact) mass is 333 g/mol. The summed E-state index contributed by atoms with van der Waals surface area (Å²) in [5, 5.41) is 2.09. The number of carbonyl (C=O) groups excluding carboxylic acids is 1. The molecule has 0 spiro atoms. The Morgan fingerprint density at radius 3 is 2.81 bits per heavy atom. The Kier molecular flexibility index (Phi) is 8.21. The number of halogens is 1. The van der Waals surface area contributed by atoms with Gasteiger partial charge in [0.1, 0.15) is 0 Å². The van der Waals surface area contributed by atoms with Crippen molar-refractivity contribution < 1.29 is 9.53 Å². The molecule has 1 amide bonds. The topological polar surface area (TPSA) is 58.8 Å². The summed E-state index contributed by atoms with van der Waals surface area (Å²) < 4.78 is 5.42. The van der Waals surface area contributed by atoms with Crippen LogP contribution in [0.4, 0.5) is 0 Å². The van der Waals surface area contributed by atoms with Gasteiger partial charge in [-0.15, -0.1) is 23.7 Å². The molecule has 0 radical (unpaired) electrons. The van der Waals surface area contributed by atoms with Gasteiger partial charge in [0.05, 0.1) is 19.3 Å². The molecular formula is C14H24ClN3O2S. The van der Waals surface area contributed by atoms with Crippen LogP contribution in [0.2, 0.25) is 0 Å². The molecule has 0 aromatic carbocycles. The summed E-state index contributed by atoms with van der Waals surface area (Å²) >= 11 is 1.75. The molecule has 2 N–H and O–H groups in total. The number of hydrogen-bond donors (Lipinski definition) is 1. The molecule has 0 aliphatic carbocycles. The molecule has 7 heteroatoms. The third-order valence-corrected chi connectivity index (χ3v) is 4.56. The quantitative estimate of drug-likeness (QED) is 0.853. The van der Waals surface area contributed by atoms with Crippen LogP contribution in [0.15, 0.2) is 17.5 Å². The summed E-state index contributed by atoms with van der Waals surface area (Å²) in [6.45, 7) is 4.48. The van der Waals surface area contributed by atoms with Crippen molar-refractivity contribution in [1.29, 1.82) is 0 Å². The minimum absolute atomic E-state index is 0. The van der Waals surface area contributed by atoms with E-state index in [1.807, 2.05) is 7.05 Å². The number of amides is 1. The van der Waals surface area contributed by atoms with Crippen LogP contribution < -0.4 is 5.73 Å². The van der Waals surface area contributed by atoms with Crippen molar-refractivity contribution in [2.24, 2.45) is 5.73 Å². The fourth-order valence-electron chi connectivity index (χ4n) is 2.43. The fraction of sp³-hybridized carbons (Fsp3) is 0.643. The number of rotatable bonds is 6. The highest BCUT2D eigenvalue weighted by Gasteiger charge is 2.25. The highest BCUT2D eigenvalue weighted by molar-refractivity contribution is 7.10. The fourth-order valence-corrected chi connectivity index (χ4v) is 3.28. The number of nitrogens with two attached hydrogens (primary N) is 1. The lowest BCUT2D eigenvalue weighted by Gasteiger charge is -2.36. The summed E-state index contributed by atoms with van der Waals surface area (Å²) in [4.78, 5) is 17.4. The lowest BCUT2D eigenvalue weighted by Crippen LogP contribution is -2.44. The van der Waals surface area contributed by atoms with Gasteiger partial charge in [0.25, 0.3) is 0 Å². The van der Waals surface area contributed by atoms with Crippen LogP contribution in [0.25, 0.3) is 0 Å². The van der Waals surface area contributed by atoms with E-state index in [4.69, 9.17) is 10.5 Å². The van der Waals surface area contributed by atoms with E-state index in [2.05, 4.69) is 22.4 Å². The molecule has 1 aliphatic rings. The maximum Gasteiger partial charge on any atom is 0.223 e. The van der Waals surface area contributed by atoms with E-state index in [1.54, 1.807) is 16.2 Å². The summed E-state index contributed by atoms with van der Waals surface area (Å²) in [6, 6.07) is 4.46. The number of morpholine rings is 1. The average molecular weight is 334 g/mol. The molecule has 1 aliphatic heterocycles. The van der Waals surface area contributed by atoms with E-state index in [0.717, 1.165) is 26.3 Å². The molecule has 2 heterocycles. The first-order valence-corrected chi connectivity index (χ1v) is 7.89. The van der Waals surface area contributed by atoms with E-state index < -0.39 is 0 Å². The van der Waals surface area contributed by atoms with Gasteiger partial charge in [-0.05, 0) is 11.4 Å². The zero-order chi connectivity index (χ0) is 14.4. The van der Waals surface area contributed by atoms with Crippen molar-refractivity contribution in [3.05, 3.63) is 22.4 Å². The second-order valence-electron chi connectivity index (χ2n) is 4.99. The van der Waals surface area contributed by atoms with Crippen LogP contribution in [-0.2, 0) is 9.53 Å². The van der Waals surface area contributed by atoms with Crippen molar-refractivity contribution in [2.75, 3.05) is 46.4 Å². The average Bonchev–Trinajstić information content (AvgIpc) is 2.99. The lowest BCUT2D eigenvalue weighted by molar-refractivity contribution is -0.130. The van der Waals surface area contributed by atoms with E-state index in [-0.39, 0.29) is 24.4 Å². The molecule has 2 rings (SSSR count). The van der Waals surface area contributed by atoms with Crippen molar-refractivity contribution in [3.8, 4) is 0 Å². The van der Waals surface area contributed by atoms with Gasteiger partial charge in [-0.25, -0.2) is 0 Å². The summed E-state index contributed by atoms with van der Waals surface area (Å²) in [5.41, 5.74) is 5.46. The normalized spacial score (nSPS) is 17.0. The van der Waals surface area contributed by atoms with Gasteiger partial charge >= 0.3 is 0 Å². The molecule has 1 unspecified atom stereocenters. The van der Waals surface area contributed by atoms with Gasteiger partial charge in [0.15, 0.2) is 0 Å². The van der Waals surface area contributed by atoms with E-state index in [9.17, 15) is 4.79 Å². The second-order valence-corrected chi connectivity index (χ2v) is 5.97. The van der Waals surface area contributed by atoms with Gasteiger partial charge in [0.2, 0.25) is 5.91 Å². The molecule has 120 valence electrons. The van der Waals surface area contributed by atoms with Crippen molar-refractivity contribution in [1.82, 2.24) is 9.80 Å². The number of thiophene rings is 1. The Hall–Kier alpha value is -0.660. The van der Waals surface area contributed by atoms with Crippen LogP contribution in [0.5, 0.6) is 0 Å². The Balaban J connectivity index is 0.00000220. The summed E-state index contributed by atoms with van der Waals surface area (Å²) in [5.74, 6) is 0.113. The molecule has 1 fully saturated rings. The predicted molar refractivity (Wildman–Crippen MR) is 88.0 cm³/mol. The van der Waals surface area contributed by atoms with E-state index in [1.165, 1.54) is 4.88 Å². The molecule has 1 atom stereocenters. The minimum Gasteiger partial charge on any atom is -0.379 e. The summed E-state index contributed by atoms with van der Waals surface area (Å²) in [6.07, 6.45) is 0.413. The smallest absolute Gasteiger partial charge is 0.223 e. The van der Waals surface area contributed by atoms with Gasteiger partial charge in [0, 0.05) is 44.5 Å². The number of hydrogen-bond acceptors (Lipinski definition) is 5. The standard InChI is InChI=1S/C14H23N3O2S.ClH/c1-16(14(18)4-5-15)11-12(13-3-2-10-20-13)17-6-8-19-9-7-17;/h2-3,10,12H,4-9,11,15H2,1H3;1H. The minimum atomic E-state index is 0. The third kappa shape index (κ3) is 5.23. The van der Waals surface area contributed by atoms with Gasteiger partial charge < -0.3 is 15.4 Å². The molecular weight excluding hydrogens is 310 g/mol. The number of nitrogens with zero attached hydrogens (tertiary/aromatic N) is 2. The van der Waals surface area contributed by atoms with Crippen LogP contribution in [0.1, 0.15) is 17.3 Å². The zero-order valence-electron chi connectivity index (χ0n) is 12.4. The Morgan fingerprint density at radius 2 is 2.24 bits per heavy atom. The second kappa shape index (κ2) is 9.38. The van der Waals surface area contributed by atoms with Gasteiger partial charge in [-0.1, -0.05) is 6.07 Å². The first-order valence-electron chi connectivity index (χ1n) is 7.01. The first-order chi connectivity index (χ1) is 9.72. The molecule has 21 heavy (non-hydrogen) atoms. The highest BCUT2D eigenvalue weighted by atomic mass is 35.5. The van der Waals surface area contributed by atoms with E-state index >= 15 is 0 Å². The highest BCUT2D eigenvalue weighted by Crippen LogP contribution is 2.26. The maximum atomic E-state index is 11.9. The van der Waals surface area contributed by atoms with Crippen molar-refractivity contribution in [2.45, 2.75) is 12.5 Å².